The molecule has 0 unspecified atom stereocenters. The first kappa shape index (κ1) is 19.4. The fourth-order valence-corrected chi connectivity index (χ4v) is 5.58. The number of para-hydroxylation sites is 1. The average Bonchev–Trinajstić information content (AvgIpc) is 2.68. The van der Waals surface area contributed by atoms with Crippen molar-refractivity contribution in [1.29, 1.82) is 0 Å². The highest BCUT2D eigenvalue weighted by molar-refractivity contribution is 7.99. The number of rotatable bonds is 3. The van der Waals surface area contributed by atoms with Crippen LogP contribution in [-0.4, -0.2) is 51.2 Å². The molecule has 0 aromatic heterocycles. The van der Waals surface area contributed by atoms with Gasteiger partial charge in [0, 0.05) is 54.7 Å². The van der Waals surface area contributed by atoms with Gasteiger partial charge in [0.15, 0.2) is 0 Å². The molecule has 0 saturated carbocycles. The minimum atomic E-state index is -3.44. The molecular weight excluding hydrogens is 390 g/mol. The molecule has 0 spiro atoms. The van der Waals surface area contributed by atoms with Gasteiger partial charge in [-0.2, -0.15) is 4.31 Å². The minimum Gasteiger partial charge on any atom is -0.383 e. The summed E-state index contributed by atoms with van der Waals surface area (Å²) < 4.78 is 27.6. The largest absolute Gasteiger partial charge is 0.383 e. The lowest BCUT2D eigenvalue weighted by molar-refractivity contribution is 0.385. The topological polar surface area (TPSA) is 52.7 Å². The number of fused-ring (bicyclic) bond motifs is 1. The van der Waals surface area contributed by atoms with Crippen LogP contribution < -0.4 is 10.2 Å². The molecule has 1 N–H and O–H groups in total. The maximum atomic E-state index is 13.0. The van der Waals surface area contributed by atoms with Gasteiger partial charge < -0.3 is 10.2 Å². The Balaban J connectivity index is 0.00000196. The second-order valence-corrected chi connectivity index (χ2v) is 9.23. The summed E-state index contributed by atoms with van der Waals surface area (Å²) in [5.41, 5.74) is 2.08. The molecule has 26 heavy (non-hydrogen) atoms. The monoisotopic (exact) mass is 411 g/mol. The number of thioether (sulfide) groups is 1. The van der Waals surface area contributed by atoms with Crippen LogP contribution in [0.2, 0.25) is 0 Å². The summed E-state index contributed by atoms with van der Waals surface area (Å²) in [5.74, 6) is 1.01. The Morgan fingerprint density at radius 3 is 2.42 bits per heavy atom. The molecule has 2 aromatic rings. The van der Waals surface area contributed by atoms with Crippen molar-refractivity contribution in [3.8, 4) is 0 Å². The Labute approximate surface area is 165 Å². The molecule has 0 bridgehead atoms. The van der Waals surface area contributed by atoms with E-state index in [1.807, 2.05) is 24.3 Å². The van der Waals surface area contributed by atoms with Gasteiger partial charge >= 0.3 is 0 Å². The molecule has 140 valence electrons. The van der Waals surface area contributed by atoms with Gasteiger partial charge in [0.2, 0.25) is 10.0 Å². The normalized spacial score (nSPS) is 17.8. The molecule has 2 aromatic carbocycles. The molecular formula is C18H22ClN3O2S2. The summed E-state index contributed by atoms with van der Waals surface area (Å²) >= 11 is 1.76. The average molecular weight is 412 g/mol. The van der Waals surface area contributed by atoms with E-state index in [4.69, 9.17) is 0 Å². The molecule has 0 amide bonds. The van der Waals surface area contributed by atoms with Crippen molar-refractivity contribution in [1.82, 2.24) is 4.31 Å². The number of nitrogens with zero attached hydrogens (tertiary/aromatic N) is 2. The maximum Gasteiger partial charge on any atom is 0.243 e. The Kier molecular flexibility index (Phi) is 6.02. The molecule has 8 heteroatoms. The number of piperazine rings is 1. The molecule has 2 aliphatic rings. The zero-order valence-electron chi connectivity index (χ0n) is 14.3. The Hall–Kier alpha value is -1.41. The van der Waals surface area contributed by atoms with Gasteiger partial charge in [-0.1, -0.05) is 18.2 Å². The van der Waals surface area contributed by atoms with Crippen molar-refractivity contribution in [2.24, 2.45) is 0 Å². The lowest BCUT2D eigenvalue weighted by Crippen LogP contribution is -2.48. The van der Waals surface area contributed by atoms with Crippen LogP contribution in [0.5, 0.6) is 0 Å². The van der Waals surface area contributed by atoms with Crippen LogP contribution in [0.3, 0.4) is 0 Å². The summed E-state index contributed by atoms with van der Waals surface area (Å²) in [6.45, 7) is 3.31. The third-order valence-corrected chi connectivity index (χ3v) is 7.59. The lowest BCUT2D eigenvalue weighted by Gasteiger charge is -2.35. The van der Waals surface area contributed by atoms with Crippen molar-refractivity contribution >= 4 is 45.6 Å². The maximum absolute atomic E-state index is 13.0. The molecule has 0 radical (unpaired) electrons. The molecule has 2 aliphatic heterocycles. The van der Waals surface area contributed by atoms with Crippen molar-refractivity contribution < 1.29 is 8.42 Å². The van der Waals surface area contributed by atoms with Crippen LogP contribution in [0, 0.1) is 0 Å². The Bertz CT molecular complexity index is 854. The number of anilines is 2. The first-order valence-corrected chi connectivity index (χ1v) is 10.9. The van der Waals surface area contributed by atoms with E-state index in [0.29, 0.717) is 31.1 Å². The van der Waals surface area contributed by atoms with E-state index in [2.05, 4.69) is 22.3 Å². The highest BCUT2D eigenvalue weighted by atomic mass is 35.5. The molecule has 1 saturated heterocycles. The van der Waals surface area contributed by atoms with Gasteiger partial charge in [-0.25, -0.2) is 8.42 Å². The van der Waals surface area contributed by atoms with Crippen LogP contribution in [0.1, 0.15) is 0 Å². The third-order valence-electron chi connectivity index (χ3n) is 4.62. The van der Waals surface area contributed by atoms with Crippen molar-refractivity contribution in [2.75, 3.05) is 48.7 Å². The number of hydrogen-bond donors (Lipinski definition) is 1. The third kappa shape index (κ3) is 3.81. The van der Waals surface area contributed by atoms with Gasteiger partial charge in [-0.15, -0.1) is 24.2 Å². The van der Waals surface area contributed by atoms with Crippen molar-refractivity contribution in [2.45, 2.75) is 9.79 Å². The summed E-state index contributed by atoms with van der Waals surface area (Å²) in [6, 6.07) is 15.6. The van der Waals surface area contributed by atoms with E-state index in [1.165, 1.54) is 0 Å². The van der Waals surface area contributed by atoms with Crippen LogP contribution in [-0.2, 0) is 10.0 Å². The van der Waals surface area contributed by atoms with Crippen LogP contribution in [0.25, 0.3) is 0 Å². The predicted molar refractivity (Wildman–Crippen MR) is 110 cm³/mol. The molecule has 0 atom stereocenters. The Morgan fingerprint density at radius 2 is 1.69 bits per heavy atom. The van der Waals surface area contributed by atoms with Crippen molar-refractivity contribution in [3.05, 3.63) is 48.5 Å². The van der Waals surface area contributed by atoms with Crippen LogP contribution in [0.4, 0.5) is 11.4 Å². The van der Waals surface area contributed by atoms with Gasteiger partial charge in [-0.3, -0.25) is 0 Å². The van der Waals surface area contributed by atoms with E-state index in [0.717, 1.165) is 28.6 Å². The number of nitrogens with one attached hydrogen (secondary N) is 1. The molecule has 4 rings (SSSR count). The number of hydrogen-bond acceptors (Lipinski definition) is 5. The van der Waals surface area contributed by atoms with E-state index >= 15 is 0 Å². The highest BCUT2D eigenvalue weighted by Gasteiger charge is 2.29. The smallest absolute Gasteiger partial charge is 0.243 e. The molecule has 0 aliphatic carbocycles. The lowest BCUT2D eigenvalue weighted by atomic mass is 10.2. The summed E-state index contributed by atoms with van der Waals surface area (Å²) in [7, 11) is -3.44. The van der Waals surface area contributed by atoms with Gasteiger partial charge in [-0.05, 0) is 30.3 Å². The second-order valence-electron chi connectivity index (χ2n) is 6.16. The van der Waals surface area contributed by atoms with E-state index in [1.54, 1.807) is 28.2 Å². The zero-order valence-corrected chi connectivity index (χ0v) is 16.7. The van der Waals surface area contributed by atoms with E-state index in [9.17, 15) is 8.42 Å². The van der Waals surface area contributed by atoms with E-state index in [-0.39, 0.29) is 12.4 Å². The predicted octanol–water partition coefficient (Wildman–Crippen LogP) is 3.14. The first-order chi connectivity index (χ1) is 12.1. The number of benzene rings is 2. The van der Waals surface area contributed by atoms with Crippen molar-refractivity contribution in [3.63, 3.8) is 0 Å². The van der Waals surface area contributed by atoms with Crippen LogP contribution in [0.15, 0.2) is 58.3 Å². The molecule has 5 nitrogen and oxygen atoms in total. The van der Waals surface area contributed by atoms with Crippen LogP contribution >= 0.6 is 24.2 Å². The fraction of sp³-hybridized carbons (Fsp3) is 0.333. The Morgan fingerprint density at radius 1 is 0.962 bits per heavy atom. The molecule has 1 fully saturated rings. The van der Waals surface area contributed by atoms with E-state index < -0.39 is 10.0 Å². The number of halogens is 1. The summed E-state index contributed by atoms with van der Waals surface area (Å²) in [5, 5.41) is 3.29. The van der Waals surface area contributed by atoms with Gasteiger partial charge in [0.05, 0.1) is 4.90 Å². The fourth-order valence-electron chi connectivity index (χ4n) is 3.25. The standard InChI is InChI=1S/C18H21N3O2S2.ClH/c22-25(23,16-6-7-18-17(14-16)19-8-13-24-18)21-11-9-20(10-12-21)15-4-2-1-3-5-15;/h1-7,14,19H,8-13H2;1H. The summed E-state index contributed by atoms with van der Waals surface area (Å²) in [4.78, 5) is 3.74. The quantitative estimate of drug-likeness (QED) is 0.840. The minimum absolute atomic E-state index is 0. The summed E-state index contributed by atoms with van der Waals surface area (Å²) in [6.07, 6.45) is 0. The molecule has 2 heterocycles. The van der Waals surface area contributed by atoms with Gasteiger partial charge in [0.1, 0.15) is 0 Å². The zero-order chi connectivity index (χ0) is 17.3. The number of sulfonamides is 1. The SMILES string of the molecule is Cl.O=S(=O)(c1ccc2c(c1)NCCS2)N1CCN(c2ccccc2)CC1. The van der Waals surface area contributed by atoms with Gasteiger partial charge in [0.25, 0.3) is 0 Å². The second kappa shape index (κ2) is 8.08. The first-order valence-electron chi connectivity index (χ1n) is 8.45. The highest BCUT2D eigenvalue weighted by Crippen LogP contribution is 2.33.